The summed E-state index contributed by atoms with van der Waals surface area (Å²) in [5.74, 6) is -0.391. The number of amides is 1. The van der Waals surface area contributed by atoms with Crippen LogP contribution in [0.15, 0.2) is 41.4 Å². The van der Waals surface area contributed by atoms with Crippen molar-refractivity contribution in [3.8, 4) is 5.88 Å². The lowest BCUT2D eigenvalue weighted by Crippen LogP contribution is -2.60. The molecule has 1 saturated carbocycles. The van der Waals surface area contributed by atoms with E-state index >= 15 is 0 Å². The molecule has 4 aliphatic rings. The summed E-state index contributed by atoms with van der Waals surface area (Å²) in [7, 11) is 0. The van der Waals surface area contributed by atoms with Gasteiger partial charge in [0.1, 0.15) is 12.0 Å². The highest BCUT2D eigenvalue weighted by Gasteiger charge is 2.47. The maximum atomic E-state index is 13.7. The van der Waals surface area contributed by atoms with Crippen LogP contribution < -0.4 is 4.74 Å². The van der Waals surface area contributed by atoms with Gasteiger partial charge in [0, 0.05) is 12.8 Å². The van der Waals surface area contributed by atoms with Crippen LogP contribution in [-0.4, -0.2) is 60.7 Å². The second-order valence-corrected chi connectivity index (χ2v) is 8.61. The molecular formula is C21H22F3N7O2. The molecule has 2 aromatic rings. The first-order chi connectivity index (χ1) is 15.8. The number of carbonyl (C=O) groups is 1. The van der Waals surface area contributed by atoms with Crippen LogP contribution in [0.5, 0.6) is 5.88 Å². The van der Waals surface area contributed by atoms with Crippen LogP contribution in [0, 0.1) is 11.8 Å². The van der Waals surface area contributed by atoms with E-state index in [0.29, 0.717) is 19.2 Å². The molecule has 3 aliphatic heterocycles. The average Bonchev–Trinajstić information content (AvgIpc) is 3.33. The van der Waals surface area contributed by atoms with Crippen molar-refractivity contribution in [2.75, 3.05) is 6.54 Å². The van der Waals surface area contributed by atoms with Gasteiger partial charge in [-0.2, -0.15) is 28.2 Å². The van der Waals surface area contributed by atoms with E-state index in [0.717, 1.165) is 24.6 Å². The second kappa shape index (κ2) is 8.23. The number of halogens is 3. The van der Waals surface area contributed by atoms with E-state index in [2.05, 4.69) is 25.2 Å². The molecule has 1 amide bonds. The lowest BCUT2D eigenvalue weighted by atomic mass is 9.77. The second-order valence-electron chi connectivity index (χ2n) is 8.61. The quantitative estimate of drug-likeness (QED) is 0.695. The Kier molecular flexibility index (Phi) is 5.37. The summed E-state index contributed by atoms with van der Waals surface area (Å²) in [5.41, 5.74) is -0.193. The Balaban J connectivity index is 1.35. The van der Waals surface area contributed by atoms with Crippen molar-refractivity contribution in [1.82, 2.24) is 29.9 Å². The molecule has 33 heavy (non-hydrogen) atoms. The lowest BCUT2D eigenvalue weighted by Gasteiger charge is -2.50. The van der Waals surface area contributed by atoms with Gasteiger partial charge in [-0.15, -0.1) is 0 Å². The summed E-state index contributed by atoms with van der Waals surface area (Å²) in [6.07, 6.45) is 5.23. The summed E-state index contributed by atoms with van der Waals surface area (Å²) >= 11 is 0. The fraction of sp³-hybridized carbons (Fsp3) is 0.524. The van der Waals surface area contributed by atoms with Crippen molar-refractivity contribution in [3.05, 3.63) is 42.1 Å². The maximum absolute atomic E-state index is 13.7. The van der Waals surface area contributed by atoms with Crippen LogP contribution in [-0.2, 0) is 11.0 Å². The van der Waals surface area contributed by atoms with Crippen molar-refractivity contribution in [1.29, 1.82) is 0 Å². The Labute approximate surface area is 187 Å². The lowest BCUT2D eigenvalue weighted by molar-refractivity contribution is -0.149. The van der Waals surface area contributed by atoms with Gasteiger partial charge in [-0.3, -0.25) is 9.79 Å². The third-order valence-electron chi connectivity index (χ3n) is 6.35. The van der Waals surface area contributed by atoms with E-state index < -0.39 is 24.0 Å². The summed E-state index contributed by atoms with van der Waals surface area (Å²) < 4.78 is 44.2. The molecule has 3 fully saturated rings. The molecule has 12 heteroatoms. The SMILES string of the molecule is CC1=CC(C(=O)N2CC3CCC2C(Oc2cnc(C(F)(F)F)cn2)C3)C(n2nccn2)N=C1. The maximum Gasteiger partial charge on any atom is 0.434 e. The van der Waals surface area contributed by atoms with Gasteiger partial charge >= 0.3 is 6.18 Å². The van der Waals surface area contributed by atoms with Gasteiger partial charge in [0.15, 0.2) is 11.9 Å². The van der Waals surface area contributed by atoms with E-state index in [9.17, 15) is 18.0 Å². The van der Waals surface area contributed by atoms with Crippen molar-refractivity contribution in [2.24, 2.45) is 16.8 Å². The number of alkyl halides is 3. The number of allylic oxidation sites excluding steroid dienone is 1. The Bertz CT molecular complexity index is 1070. The normalized spacial score (nSPS) is 29.2. The highest BCUT2D eigenvalue weighted by molar-refractivity contribution is 5.87. The number of aliphatic imine (C=N–C) groups is 1. The molecule has 0 spiro atoms. The third-order valence-corrected chi connectivity index (χ3v) is 6.35. The molecule has 5 unspecified atom stereocenters. The topological polar surface area (TPSA) is 98.4 Å². The van der Waals surface area contributed by atoms with E-state index in [1.807, 2.05) is 17.9 Å². The molecule has 1 aliphatic carbocycles. The zero-order valence-corrected chi connectivity index (χ0v) is 17.8. The predicted molar refractivity (Wildman–Crippen MR) is 109 cm³/mol. The number of nitrogens with zero attached hydrogens (tertiary/aromatic N) is 7. The number of aromatic nitrogens is 5. The number of piperidine rings is 2. The largest absolute Gasteiger partial charge is 0.471 e. The number of ether oxygens (including phenoxy) is 1. The van der Waals surface area contributed by atoms with Crippen LogP contribution in [0.2, 0.25) is 0 Å². The highest BCUT2D eigenvalue weighted by Crippen LogP contribution is 2.39. The van der Waals surface area contributed by atoms with E-state index in [4.69, 9.17) is 4.74 Å². The molecule has 9 nitrogen and oxygen atoms in total. The van der Waals surface area contributed by atoms with Gasteiger partial charge < -0.3 is 9.64 Å². The number of hydrogen-bond acceptors (Lipinski definition) is 7. The Morgan fingerprint density at radius 3 is 2.61 bits per heavy atom. The van der Waals surface area contributed by atoms with E-state index in [-0.39, 0.29) is 29.9 Å². The van der Waals surface area contributed by atoms with Gasteiger partial charge in [0.05, 0.1) is 30.8 Å². The van der Waals surface area contributed by atoms with Crippen LogP contribution in [0.4, 0.5) is 13.2 Å². The highest BCUT2D eigenvalue weighted by atomic mass is 19.4. The van der Waals surface area contributed by atoms with Crippen LogP contribution >= 0.6 is 0 Å². The number of carbonyl (C=O) groups excluding carboxylic acids is 1. The molecule has 2 aromatic heterocycles. The Morgan fingerprint density at radius 1 is 1.15 bits per heavy atom. The van der Waals surface area contributed by atoms with Gasteiger partial charge in [0.25, 0.3) is 0 Å². The summed E-state index contributed by atoms with van der Waals surface area (Å²) in [6.45, 7) is 2.49. The third kappa shape index (κ3) is 4.21. The Hall–Kier alpha value is -3.31. The molecule has 0 radical (unpaired) electrons. The fourth-order valence-corrected chi connectivity index (χ4v) is 4.85. The summed E-state index contributed by atoms with van der Waals surface area (Å²) in [5, 5.41) is 8.32. The molecule has 174 valence electrons. The minimum absolute atomic E-state index is 0.0181. The first-order valence-electron chi connectivity index (χ1n) is 10.7. The summed E-state index contributed by atoms with van der Waals surface area (Å²) in [4.78, 5) is 28.6. The average molecular weight is 461 g/mol. The zero-order chi connectivity index (χ0) is 23.2. The van der Waals surface area contributed by atoms with E-state index in [1.54, 1.807) is 18.6 Å². The van der Waals surface area contributed by atoms with Crippen molar-refractivity contribution < 1.29 is 22.7 Å². The first kappa shape index (κ1) is 21.5. The van der Waals surface area contributed by atoms with Crippen LogP contribution in [0.1, 0.15) is 38.0 Å². The molecule has 2 bridgehead atoms. The van der Waals surface area contributed by atoms with Crippen molar-refractivity contribution in [3.63, 3.8) is 0 Å². The van der Waals surface area contributed by atoms with Gasteiger partial charge in [-0.1, -0.05) is 6.08 Å². The van der Waals surface area contributed by atoms with E-state index in [1.165, 1.54) is 4.80 Å². The molecule has 2 saturated heterocycles. The van der Waals surface area contributed by atoms with Crippen molar-refractivity contribution >= 4 is 12.1 Å². The zero-order valence-electron chi connectivity index (χ0n) is 17.8. The first-order valence-corrected chi connectivity index (χ1v) is 10.7. The number of dihydropyridines is 1. The Morgan fingerprint density at radius 2 is 1.94 bits per heavy atom. The van der Waals surface area contributed by atoms with Gasteiger partial charge in [-0.05, 0) is 37.7 Å². The van der Waals surface area contributed by atoms with Gasteiger partial charge in [-0.25, -0.2) is 9.97 Å². The minimum atomic E-state index is -4.56. The molecule has 6 rings (SSSR count). The van der Waals surface area contributed by atoms with Gasteiger partial charge in [0.2, 0.25) is 11.8 Å². The smallest absolute Gasteiger partial charge is 0.434 e. The molecule has 0 aromatic carbocycles. The molecular weight excluding hydrogens is 439 g/mol. The van der Waals surface area contributed by atoms with Crippen LogP contribution in [0.3, 0.4) is 0 Å². The molecule has 0 N–H and O–H groups in total. The standard InChI is InChI=1S/C21H22F3N7O2/c1-12-6-14(19(27-8-12)31-28-4-5-29-31)20(32)30-11-13-2-3-15(30)16(7-13)33-18-10-25-17(9-26-18)21(22,23)24/h4-6,8-10,13-16,19H,2-3,7,11H2,1H3. The minimum Gasteiger partial charge on any atom is -0.471 e. The molecule has 5 heterocycles. The number of hydrogen-bond donors (Lipinski definition) is 0. The predicted octanol–water partition coefficient (Wildman–Crippen LogP) is 2.69. The number of rotatable bonds is 4. The number of fused-ring (bicyclic) bond motifs is 3. The monoisotopic (exact) mass is 461 g/mol. The van der Waals surface area contributed by atoms with Crippen LogP contribution in [0.25, 0.3) is 0 Å². The molecule has 5 atom stereocenters. The summed E-state index contributed by atoms with van der Waals surface area (Å²) in [6, 6.07) is -0.211. The van der Waals surface area contributed by atoms with Crippen molar-refractivity contribution in [2.45, 2.75) is 50.7 Å². The fourth-order valence-electron chi connectivity index (χ4n) is 4.85.